The van der Waals surface area contributed by atoms with Gasteiger partial charge in [0, 0.05) is 11.4 Å². The molecule has 2 nitrogen and oxygen atoms in total. The van der Waals surface area contributed by atoms with Crippen molar-refractivity contribution in [3.05, 3.63) is 59.2 Å². The van der Waals surface area contributed by atoms with Crippen molar-refractivity contribution in [3.63, 3.8) is 0 Å². The van der Waals surface area contributed by atoms with E-state index in [-0.39, 0.29) is 0 Å². The van der Waals surface area contributed by atoms with Crippen molar-refractivity contribution in [2.45, 2.75) is 40.0 Å². The maximum atomic E-state index is 5.40. The second-order valence-corrected chi connectivity index (χ2v) is 6.11. The molecule has 0 fully saturated rings. The topological polar surface area (TPSA) is 24.1 Å². The van der Waals surface area contributed by atoms with Crippen molar-refractivity contribution in [2.24, 2.45) is 0 Å². The highest BCUT2D eigenvalue weighted by atomic mass is 32.1. The van der Waals surface area contributed by atoms with Crippen LogP contribution in [-0.4, -0.2) is 5.11 Å². The molecular formula is C19H24N2S. The van der Waals surface area contributed by atoms with Crippen LogP contribution in [0.1, 0.15) is 36.5 Å². The average molecular weight is 312 g/mol. The predicted octanol–water partition coefficient (Wildman–Crippen LogP) is 5.45. The Morgan fingerprint density at radius 1 is 1.00 bits per heavy atom. The van der Waals surface area contributed by atoms with Gasteiger partial charge in [0.2, 0.25) is 0 Å². The Labute approximate surface area is 139 Å². The fourth-order valence-electron chi connectivity index (χ4n) is 2.29. The summed E-state index contributed by atoms with van der Waals surface area (Å²) in [7, 11) is 0. The van der Waals surface area contributed by atoms with E-state index in [1.165, 1.54) is 29.5 Å². The number of anilines is 2. The lowest BCUT2D eigenvalue weighted by Crippen LogP contribution is -2.19. The molecule has 0 amide bonds. The van der Waals surface area contributed by atoms with E-state index in [1.807, 2.05) is 0 Å². The Bertz CT molecular complexity index is 632. The van der Waals surface area contributed by atoms with Gasteiger partial charge < -0.3 is 10.6 Å². The Kier molecular flexibility index (Phi) is 5.96. The van der Waals surface area contributed by atoms with Gasteiger partial charge in [0.05, 0.1) is 0 Å². The lowest BCUT2D eigenvalue weighted by atomic mass is 10.1. The van der Waals surface area contributed by atoms with E-state index in [0.29, 0.717) is 5.11 Å². The van der Waals surface area contributed by atoms with Gasteiger partial charge >= 0.3 is 0 Å². The average Bonchev–Trinajstić information content (AvgIpc) is 2.50. The van der Waals surface area contributed by atoms with Gasteiger partial charge in [0.1, 0.15) is 0 Å². The van der Waals surface area contributed by atoms with E-state index in [0.717, 1.165) is 17.8 Å². The van der Waals surface area contributed by atoms with Crippen molar-refractivity contribution < 1.29 is 0 Å². The molecule has 0 spiro atoms. The molecule has 0 atom stereocenters. The second-order valence-electron chi connectivity index (χ2n) is 5.70. The van der Waals surface area contributed by atoms with Crippen LogP contribution in [-0.2, 0) is 6.42 Å². The fraction of sp³-hybridized carbons (Fsp3) is 0.316. The van der Waals surface area contributed by atoms with Crippen LogP contribution in [0.15, 0.2) is 42.5 Å². The molecule has 0 aliphatic heterocycles. The van der Waals surface area contributed by atoms with Gasteiger partial charge in [-0.3, -0.25) is 0 Å². The molecule has 2 rings (SSSR count). The minimum atomic E-state index is 0.620. The summed E-state index contributed by atoms with van der Waals surface area (Å²) in [5.41, 5.74) is 5.85. The highest BCUT2D eigenvalue weighted by Crippen LogP contribution is 2.17. The number of hydrogen-bond donors (Lipinski definition) is 2. The smallest absolute Gasteiger partial charge is 0.175 e. The maximum absolute atomic E-state index is 5.40. The predicted molar refractivity (Wildman–Crippen MR) is 101 cm³/mol. The first-order chi connectivity index (χ1) is 10.6. The van der Waals surface area contributed by atoms with Crippen LogP contribution in [0.3, 0.4) is 0 Å². The summed E-state index contributed by atoms with van der Waals surface area (Å²) >= 11 is 5.40. The fourth-order valence-corrected chi connectivity index (χ4v) is 2.52. The first kappa shape index (κ1) is 16.5. The zero-order valence-corrected chi connectivity index (χ0v) is 14.4. The number of nitrogens with one attached hydrogen (secondary N) is 2. The Morgan fingerprint density at radius 2 is 1.73 bits per heavy atom. The van der Waals surface area contributed by atoms with Crippen LogP contribution in [0.25, 0.3) is 0 Å². The highest BCUT2D eigenvalue weighted by molar-refractivity contribution is 7.80. The molecule has 22 heavy (non-hydrogen) atoms. The Hall–Kier alpha value is -1.87. The number of thiocarbonyl (C=S) groups is 1. The first-order valence-corrected chi connectivity index (χ1v) is 8.23. The van der Waals surface area contributed by atoms with Crippen molar-refractivity contribution in [1.82, 2.24) is 0 Å². The molecule has 2 aromatic carbocycles. The van der Waals surface area contributed by atoms with Gasteiger partial charge in [-0.25, -0.2) is 0 Å². The minimum Gasteiger partial charge on any atom is -0.332 e. The molecule has 2 N–H and O–H groups in total. The molecule has 0 unspecified atom stereocenters. The second kappa shape index (κ2) is 7.95. The van der Waals surface area contributed by atoms with Crippen LogP contribution in [0, 0.1) is 13.8 Å². The van der Waals surface area contributed by atoms with Crippen molar-refractivity contribution in [3.8, 4) is 0 Å². The summed E-state index contributed by atoms with van der Waals surface area (Å²) in [5.74, 6) is 0. The van der Waals surface area contributed by atoms with Crippen molar-refractivity contribution >= 4 is 28.7 Å². The number of aryl methyl sites for hydroxylation is 3. The largest absolute Gasteiger partial charge is 0.332 e. The maximum Gasteiger partial charge on any atom is 0.175 e. The van der Waals surface area contributed by atoms with Gasteiger partial charge in [-0.05, 0) is 73.8 Å². The molecule has 0 saturated heterocycles. The van der Waals surface area contributed by atoms with Gasteiger partial charge in [-0.15, -0.1) is 0 Å². The number of benzene rings is 2. The molecule has 3 heteroatoms. The molecule has 0 heterocycles. The summed E-state index contributed by atoms with van der Waals surface area (Å²) in [6.45, 7) is 6.37. The molecule has 0 aliphatic rings. The SMILES string of the molecule is CCCCc1ccc(NC(=S)Nc2cc(C)ccc2C)cc1. The highest BCUT2D eigenvalue weighted by Gasteiger charge is 2.02. The Morgan fingerprint density at radius 3 is 2.41 bits per heavy atom. The summed E-state index contributed by atoms with van der Waals surface area (Å²) < 4.78 is 0. The molecule has 0 radical (unpaired) electrons. The van der Waals surface area contributed by atoms with Crippen molar-refractivity contribution in [2.75, 3.05) is 10.6 Å². The van der Waals surface area contributed by atoms with Gasteiger partial charge in [-0.1, -0.05) is 37.6 Å². The standard InChI is InChI=1S/C19H24N2S/c1-4-5-6-16-9-11-17(12-10-16)20-19(22)21-18-13-14(2)7-8-15(18)3/h7-13H,4-6H2,1-3H3,(H2,20,21,22). The van der Waals surface area contributed by atoms with E-state index in [1.54, 1.807) is 0 Å². The zero-order chi connectivity index (χ0) is 15.9. The first-order valence-electron chi connectivity index (χ1n) is 7.82. The van der Waals surface area contributed by atoms with E-state index < -0.39 is 0 Å². The molecule has 2 aromatic rings. The van der Waals surface area contributed by atoms with E-state index in [9.17, 15) is 0 Å². The van der Waals surface area contributed by atoms with Gasteiger partial charge in [-0.2, -0.15) is 0 Å². The quantitative estimate of drug-likeness (QED) is 0.717. The molecule has 0 aliphatic carbocycles. The van der Waals surface area contributed by atoms with E-state index in [2.05, 4.69) is 73.9 Å². The molecule has 116 valence electrons. The van der Waals surface area contributed by atoms with Crippen LogP contribution in [0.5, 0.6) is 0 Å². The summed E-state index contributed by atoms with van der Waals surface area (Å²) in [6, 6.07) is 14.8. The zero-order valence-electron chi connectivity index (χ0n) is 13.6. The summed E-state index contributed by atoms with van der Waals surface area (Å²) in [5, 5.41) is 7.13. The van der Waals surface area contributed by atoms with Crippen LogP contribution in [0.2, 0.25) is 0 Å². The number of hydrogen-bond acceptors (Lipinski definition) is 1. The number of unbranched alkanes of at least 4 members (excludes halogenated alkanes) is 1. The molecule has 0 bridgehead atoms. The minimum absolute atomic E-state index is 0.620. The van der Waals surface area contributed by atoms with Crippen LogP contribution < -0.4 is 10.6 Å². The van der Waals surface area contributed by atoms with E-state index in [4.69, 9.17) is 12.2 Å². The van der Waals surface area contributed by atoms with Crippen LogP contribution in [0.4, 0.5) is 11.4 Å². The third kappa shape index (κ3) is 4.85. The Balaban J connectivity index is 1.95. The third-order valence-electron chi connectivity index (χ3n) is 3.67. The molecular weight excluding hydrogens is 288 g/mol. The third-order valence-corrected chi connectivity index (χ3v) is 3.88. The lowest BCUT2D eigenvalue weighted by molar-refractivity contribution is 0.795. The summed E-state index contributed by atoms with van der Waals surface area (Å²) in [6.07, 6.45) is 3.60. The van der Waals surface area contributed by atoms with Crippen LogP contribution >= 0.6 is 12.2 Å². The van der Waals surface area contributed by atoms with E-state index >= 15 is 0 Å². The van der Waals surface area contributed by atoms with Gasteiger partial charge in [0.25, 0.3) is 0 Å². The monoisotopic (exact) mass is 312 g/mol. The van der Waals surface area contributed by atoms with Crippen molar-refractivity contribution in [1.29, 1.82) is 0 Å². The van der Waals surface area contributed by atoms with Gasteiger partial charge in [0.15, 0.2) is 5.11 Å². The normalized spacial score (nSPS) is 10.3. The number of rotatable bonds is 5. The molecule has 0 aromatic heterocycles. The lowest BCUT2D eigenvalue weighted by Gasteiger charge is -2.13. The summed E-state index contributed by atoms with van der Waals surface area (Å²) in [4.78, 5) is 0. The molecule has 0 saturated carbocycles.